The van der Waals surface area contributed by atoms with Crippen LogP contribution in [0.1, 0.15) is 0 Å². The van der Waals surface area contributed by atoms with E-state index >= 15 is 0 Å². The van der Waals surface area contributed by atoms with Crippen molar-refractivity contribution in [3.05, 3.63) is 36.0 Å². The molecule has 0 radical (unpaired) electrons. The molecule has 0 amide bonds. The van der Waals surface area contributed by atoms with E-state index in [2.05, 4.69) is 15.0 Å². The van der Waals surface area contributed by atoms with Crippen molar-refractivity contribution in [2.75, 3.05) is 5.73 Å². The van der Waals surface area contributed by atoms with Crippen LogP contribution < -0.4 is 5.73 Å². The second-order valence-electron chi connectivity index (χ2n) is 3.34. The first kappa shape index (κ1) is 9.23. The molecule has 0 unspecified atom stereocenters. The number of rotatable bonds is 1. The molecule has 78 valence electrons. The third-order valence-corrected chi connectivity index (χ3v) is 3.06. The summed E-state index contributed by atoms with van der Waals surface area (Å²) in [6.07, 6.45) is 3.35. The van der Waals surface area contributed by atoms with Crippen LogP contribution in [0.25, 0.3) is 21.6 Å². The Morgan fingerprint density at radius 3 is 2.88 bits per heavy atom. The van der Waals surface area contributed by atoms with Gasteiger partial charge in [0.1, 0.15) is 10.8 Å². The molecule has 0 fully saturated rings. The van der Waals surface area contributed by atoms with Gasteiger partial charge < -0.3 is 5.73 Å². The molecule has 2 heterocycles. The Labute approximate surface area is 95.8 Å². The number of hydrogen-bond acceptors (Lipinski definition) is 5. The topological polar surface area (TPSA) is 64.7 Å². The quantitative estimate of drug-likeness (QED) is 0.694. The van der Waals surface area contributed by atoms with Gasteiger partial charge in [-0.25, -0.2) is 9.97 Å². The highest BCUT2D eigenvalue weighted by molar-refractivity contribution is 7.13. The zero-order valence-corrected chi connectivity index (χ0v) is 9.11. The summed E-state index contributed by atoms with van der Waals surface area (Å²) in [5.74, 6) is 0.439. The van der Waals surface area contributed by atoms with Gasteiger partial charge in [-0.2, -0.15) is 0 Å². The number of anilines is 1. The van der Waals surface area contributed by atoms with Crippen molar-refractivity contribution in [3.8, 4) is 10.6 Å². The average molecular weight is 228 g/mol. The Morgan fingerprint density at radius 1 is 1.12 bits per heavy atom. The summed E-state index contributed by atoms with van der Waals surface area (Å²) in [7, 11) is 0. The van der Waals surface area contributed by atoms with Crippen LogP contribution in [0.5, 0.6) is 0 Å². The van der Waals surface area contributed by atoms with Crippen LogP contribution in [0.3, 0.4) is 0 Å². The lowest BCUT2D eigenvalue weighted by Crippen LogP contribution is -1.92. The van der Waals surface area contributed by atoms with Crippen LogP contribution in [-0.2, 0) is 0 Å². The predicted molar refractivity (Wildman–Crippen MR) is 65.1 cm³/mol. The normalized spacial score (nSPS) is 10.8. The van der Waals surface area contributed by atoms with Crippen LogP contribution >= 0.6 is 11.3 Å². The molecule has 0 aliphatic rings. The van der Waals surface area contributed by atoms with E-state index < -0.39 is 0 Å². The van der Waals surface area contributed by atoms with Crippen molar-refractivity contribution in [3.63, 3.8) is 0 Å². The van der Waals surface area contributed by atoms with E-state index in [4.69, 9.17) is 5.73 Å². The lowest BCUT2D eigenvalue weighted by Gasteiger charge is -2.00. The molecule has 5 heteroatoms. The van der Waals surface area contributed by atoms with Gasteiger partial charge in [-0.15, -0.1) is 11.3 Å². The van der Waals surface area contributed by atoms with E-state index in [1.165, 1.54) is 0 Å². The Hall–Kier alpha value is -2.01. The summed E-state index contributed by atoms with van der Waals surface area (Å²) < 4.78 is 0. The van der Waals surface area contributed by atoms with Gasteiger partial charge >= 0.3 is 0 Å². The van der Waals surface area contributed by atoms with E-state index in [0.29, 0.717) is 5.82 Å². The minimum absolute atomic E-state index is 0.439. The number of nitrogens with two attached hydrogens (primary N) is 1. The fraction of sp³-hybridized carbons (Fsp3) is 0. The van der Waals surface area contributed by atoms with Crippen molar-refractivity contribution in [2.45, 2.75) is 0 Å². The highest BCUT2D eigenvalue weighted by Crippen LogP contribution is 2.24. The maximum atomic E-state index is 5.57. The molecule has 3 rings (SSSR count). The molecule has 0 saturated heterocycles. The second-order valence-corrected chi connectivity index (χ2v) is 4.23. The maximum absolute atomic E-state index is 5.57. The third kappa shape index (κ3) is 1.51. The molecule has 2 N–H and O–H groups in total. The molecule has 16 heavy (non-hydrogen) atoms. The summed E-state index contributed by atoms with van der Waals surface area (Å²) in [6, 6.07) is 5.87. The van der Waals surface area contributed by atoms with Gasteiger partial charge in [0, 0.05) is 17.1 Å². The third-order valence-electron chi connectivity index (χ3n) is 2.24. The first-order valence-electron chi connectivity index (χ1n) is 4.75. The molecule has 3 aromatic rings. The molecule has 0 aliphatic heterocycles. The fourth-order valence-electron chi connectivity index (χ4n) is 1.52. The maximum Gasteiger partial charge on any atom is 0.142 e. The zero-order chi connectivity index (χ0) is 11.0. The molecular formula is C11H8N4S. The Bertz CT molecular complexity index is 634. The van der Waals surface area contributed by atoms with Crippen LogP contribution in [0.15, 0.2) is 36.0 Å². The molecule has 1 aromatic carbocycles. The minimum atomic E-state index is 0.439. The van der Waals surface area contributed by atoms with E-state index in [1.807, 2.05) is 23.6 Å². The van der Waals surface area contributed by atoms with Crippen molar-refractivity contribution in [1.82, 2.24) is 15.0 Å². The number of benzene rings is 1. The van der Waals surface area contributed by atoms with Gasteiger partial charge in [0.05, 0.1) is 17.2 Å². The van der Waals surface area contributed by atoms with Crippen LogP contribution in [0.2, 0.25) is 0 Å². The van der Waals surface area contributed by atoms with Gasteiger partial charge in [0.25, 0.3) is 0 Å². The summed E-state index contributed by atoms with van der Waals surface area (Å²) in [4.78, 5) is 12.7. The molecule has 0 atom stereocenters. The number of nitrogens with zero attached hydrogens (tertiary/aromatic N) is 3. The monoisotopic (exact) mass is 228 g/mol. The predicted octanol–water partition coefficient (Wildman–Crippen LogP) is 2.34. The van der Waals surface area contributed by atoms with Crippen molar-refractivity contribution < 1.29 is 0 Å². The summed E-state index contributed by atoms with van der Waals surface area (Å²) in [6.45, 7) is 0. The van der Waals surface area contributed by atoms with E-state index in [1.54, 1.807) is 23.7 Å². The average Bonchev–Trinajstić information content (AvgIpc) is 2.82. The van der Waals surface area contributed by atoms with Crippen molar-refractivity contribution >= 4 is 28.2 Å². The van der Waals surface area contributed by atoms with Crippen LogP contribution in [0.4, 0.5) is 5.82 Å². The number of thiazole rings is 1. The van der Waals surface area contributed by atoms with Crippen LogP contribution in [-0.4, -0.2) is 15.0 Å². The summed E-state index contributed by atoms with van der Waals surface area (Å²) in [5, 5.41) is 2.94. The molecule has 0 spiro atoms. The Balaban J connectivity index is 2.20. The minimum Gasteiger partial charge on any atom is -0.382 e. The molecule has 0 aliphatic carbocycles. The van der Waals surface area contributed by atoms with Gasteiger partial charge in [0.2, 0.25) is 0 Å². The molecular weight excluding hydrogens is 220 g/mol. The number of hydrogen-bond donors (Lipinski definition) is 1. The molecule has 2 aromatic heterocycles. The Kier molecular flexibility index (Phi) is 2.04. The van der Waals surface area contributed by atoms with Crippen LogP contribution in [0, 0.1) is 0 Å². The first-order chi connectivity index (χ1) is 7.83. The number of fused-ring (bicyclic) bond motifs is 1. The second kappa shape index (κ2) is 3.53. The molecule has 4 nitrogen and oxygen atoms in total. The fourth-order valence-corrected chi connectivity index (χ4v) is 2.16. The summed E-state index contributed by atoms with van der Waals surface area (Å²) >= 11 is 1.60. The molecule has 0 saturated carbocycles. The summed E-state index contributed by atoms with van der Waals surface area (Å²) in [5.41, 5.74) is 8.27. The van der Waals surface area contributed by atoms with Gasteiger partial charge in [-0.3, -0.25) is 4.98 Å². The smallest absolute Gasteiger partial charge is 0.142 e. The molecule has 0 bridgehead atoms. The largest absolute Gasteiger partial charge is 0.382 e. The highest BCUT2D eigenvalue weighted by atomic mass is 32.1. The number of nitrogen functional groups attached to an aromatic ring is 1. The lowest BCUT2D eigenvalue weighted by atomic mass is 10.2. The van der Waals surface area contributed by atoms with Crippen molar-refractivity contribution in [1.29, 1.82) is 0 Å². The zero-order valence-electron chi connectivity index (χ0n) is 8.29. The highest BCUT2D eigenvalue weighted by Gasteiger charge is 2.03. The van der Waals surface area contributed by atoms with E-state index in [9.17, 15) is 0 Å². The van der Waals surface area contributed by atoms with E-state index in [-0.39, 0.29) is 0 Å². The van der Waals surface area contributed by atoms with E-state index in [0.717, 1.165) is 21.6 Å². The Morgan fingerprint density at radius 2 is 2.06 bits per heavy atom. The van der Waals surface area contributed by atoms with Gasteiger partial charge in [-0.05, 0) is 18.2 Å². The standard InChI is InChI=1S/C11H8N4S/c12-10-6-14-9-5-7(1-2-8(9)15-10)11-13-3-4-16-11/h1-6H,(H2,12,15). The lowest BCUT2D eigenvalue weighted by molar-refractivity contribution is 1.30. The van der Waals surface area contributed by atoms with Crippen molar-refractivity contribution in [2.24, 2.45) is 0 Å². The SMILES string of the molecule is Nc1cnc2cc(-c3nccs3)ccc2n1. The van der Waals surface area contributed by atoms with Gasteiger partial charge in [-0.1, -0.05) is 0 Å². The van der Waals surface area contributed by atoms with Gasteiger partial charge in [0.15, 0.2) is 0 Å². The first-order valence-corrected chi connectivity index (χ1v) is 5.63. The number of aromatic nitrogens is 3.